The molecule has 0 unspecified atom stereocenters. The minimum atomic E-state index is 0.367. The van der Waals surface area contributed by atoms with Gasteiger partial charge in [0.15, 0.2) is 23.0 Å². The normalized spacial score (nSPS) is 11.3. The Labute approximate surface area is 137 Å². The van der Waals surface area contributed by atoms with Crippen molar-refractivity contribution in [1.29, 1.82) is 0 Å². The van der Waals surface area contributed by atoms with E-state index in [0.29, 0.717) is 6.79 Å². The number of rotatable bonds is 1. The summed E-state index contributed by atoms with van der Waals surface area (Å²) in [5.41, 5.74) is 3.01. The number of aromatic nitrogens is 1. The van der Waals surface area contributed by atoms with Crippen LogP contribution in [0.2, 0.25) is 0 Å². The van der Waals surface area contributed by atoms with E-state index in [1.807, 2.05) is 57.2 Å². The summed E-state index contributed by atoms with van der Waals surface area (Å²) in [5.74, 6) is 2.53. The summed E-state index contributed by atoms with van der Waals surface area (Å²) in [6, 6.07) is 13.7. The molecule has 1 aliphatic heterocycles. The number of oxazole rings is 1. The van der Waals surface area contributed by atoms with Crippen LogP contribution in [0.1, 0.15) is 32.2 Å². The molecular weight excluding hydrogens is 290 g/mol. The molecule has 0 saturated heterocycles. The molecule has 1 aromatic heterocycles. The molecule has 0 spiro atoms. The molecular formula is C19H23NO3. The maximum atomic E-state index is 5.30. The fourth-order valence-electron chi connectivity index (χ4n) is 2.26. The van der Waals surface area contributed by atoms with E-state index in [1.165, 1.54) is 5.56 Å². The first-order chi connectivity index (χ1) is 11.3. The highest BCUT2D eigenvalue weighted by Gasteiger charge is 2.15. The third-order valence-corrected chi connectivity index (χ3v) is 3.26. The summed E-state index contributed by atoms with van der Waals surface area (Å²) in [6.07, 6.45) is 0.993. The first-order valence-corrected chi connectivity index (χ1v) is 7.97. The Bertz CT molecular complexity index is 716. The molecule has 0 bridgehead atoms. The molecule has 0 N–H and O–H groups in total. The highest BCUT2D eigenvalue weighted by atomic mass is 16.7. The number of hydrogen-bond acceptors (Lipinski definition) is 4. The molecule has 2 aromatic carbocycles. The molecule has 0 saturated carbocycles. The monoisotopic (exact) mass is 313 g/mol. The summed E-state index contributed by atoms with van der Waals surface area (Å²) in [6.45, 7) is 8.32. The fourth-order valence-corrected chi connectivity index (χ4v) is 2.26. The molecule has 0 amide bonds. The molecule has 0 fully saturated rings. The zero-order valence-electron chi connectivity index (χ0n) is 14.1. The van der Waals surface area contributed by atoms with Crippen LogP contribution < -0.4 is 9.47 Å². The van der Waals surface area contributed by atoms with Crippen molar-refractivity contribution in [2.24, 2.45) is 0 Å². The van der Waals surface area contributed by atoms with Crippen LogP contribution in [0.4, 0.5) is 0 Å². The Kier molecular flexibility index (Phi) is 6.03. The Morgan fingerprint density at radius 2 is 1.78 bits per heavy atom. The van der Waals surface area contributed by atoms with E-state index in [-0.39, 0.29) is 0 Å². The SMILES string of the molecule is CC.CCc1cccc2c1OCO2.Cc1nc2ccccc2o1. The van der Waals surface area contributed by atoms with E-state index < -0.39 is 0 Å². The summed E-state index contributed by atoms with van der Waals surface area (Å²) in [7, 11) is 0. The van der Waals surface area contributed by atoms with Gasteiger partial charge in [0.1, 0.15) is 5.52 Å². The van der Waals surface area contributed by atoms with Crippen LogP contribution >= 0.6 is 0 Å². The highest BCUT2D eigenvalue weighted by Crippen LogP contribution is 2.35. The molecule has 0 aliphatic carbocycles. The van der Waals surface area contributed by atoms with Crippen molar-refractivity contribution in [3.8, 4) is 11.5 Å². The van der Waals surface area contributed by atoms with Gasteiger partial charge >= 0.3 is 0 Å². The highest BCUT2D eigenvalue weighted by molar-refractivity contribution is 5.71. The van der Waals surface area contributed by atoms with Crippen molar-refractivity contribution >= 4 is 11.1 Å². The van der Waals surface area contributed by atoms with Gasteiger partial charge < -0.3 is 13.9 Å². The maximum absolute atomic E-state index is 5.30. The predicted octanol–water partition coefficient (Wildman–Crippen LogP) is 5.14. The standard InChI is InChI=1S/C9H10O2.C8H7NO.C2H6/c1-2-7-4-3-5-8-9(7)11-6-10-8;1-6-9-7-4-2-3-5-8(7)10-6;1-2/h3-5H,2,6H2,1H3;2-5H,1H3;1-2H3. The number of ether oxygens (including phenoxy) is 2. The van der Waals surface area contributed by atoms with Crippen molar-refractivity contribution in [2.75, 3.05) is 6.79 Å². The van der Waals surface area contributed by atoms with E-state index in [2.05, 4.69) is 18.0 Å². The predicted molar refractivity (Wildman–Crippen MR) is 92.0 cm³/mol. The van der Waals surface area contributed by atoms with E-state index >= 15 is 0 Å². The topological polar surface area (TPSA) is 44.5 Å². The largest absolute Gasteiger partial charge is 0.454 e. The second-order valence-corrected chi connectivity index (χ2v) is 4.71. The van der Waals surface area contributed by atoms with E-state index in [4.69, 9.17) is 13.9 Å². The number of aryl methyl sites for hydroxylation is 2. The quantitative estimate of drug-likeness (QED) is 0.624. The molecule has 4 rings (SSSR count). The van der Waals surface area contributed by atoms with Gasteiger partial charge in [0.05, 0.1) is 0 Å². The van der Waals surface area contributed by atoms with Gasteiger partial charge in [-0.15, -0.1) is 0 Å². The van der Waals surface area contributed by atoms with Gasteiger partial charge in [-0.05, 0) is 30.2 Å². The van der Waals surface area contributed by atoms with Crippen molar-refractivity contribution in [2.45, 2.75) is 34.1 Å². The molecule has 1 aliphatic rings. The van der Waals surface area contributed by atoms with Crippen molar-refractivity contribution in [3.63, 3.8) is 0 Å². The first kappa shape index (κ1) is 16.9. The van der Waals surface area contributed by atoms with Gasteiger partial charge in [0.2, 0.25) is 6.79 Å². The fraction of sp³-hybridized carbons (Fsp3) is 0.316. The lowest BCUT2D eigenvalue weighted by atomic mass is 10.1. The van der Waals surface area contributed by atoms with Gasteiger partial charge in [-0.2, -0.15) is 0 Å². The third-order valence-electron chi connectivity index (χ3n) is 3.26. The van der Waals surface area contributed by atoms with Crippen LogP contribution in [0.5, 0.6) is 11.5 Å². The molecule has 2 heterocycles. The minimum absolute atomic E-state index is 0.367. The Morgan fingerprint density at radius 1 is 1.00 bits per heavy atom. The van der Waals surface area contributed by atoms with Gasteiger partial charge in [-0.1, -0.05) is 45.0 Å². The molecule has 122 valence electrons. The number of nitrogens with zero attached hydrogens (tertiary/aromatic N) is 1. The second kappa shape index (κ2) is 8.22. The molecule has 23 heavy (non-hydrogen) atoms. The lowest BCUT2D eigenvalue weighted by Crippen LogP contribution is -1.94. The average Bonchev–Trinajstić information content (AvgIpc) is 3.21. The Balaban J connectivity index is 0.000000152. The van der Waals surface area contributed by atoms with Gasteiger partial charge in [0.25, 0.3) is 0 Å². The molecule has 4 nitrogen and oxygen atoms in total. The van der Waals surface area contributed by atoms with Gasteiger partial charge in [0, 0.05) is 6.92 Å². The smallest absolute Gasteiger partial charge is 0.231 e. The van der Waals surface area contributed by atoms with Crippen LogP contribution in [-0.2, 0) is 6.42 Å². The summed E-state index contributed by atoms with van der Waals surface area (Å²) in [4.78, 5) is 4.15. The molecule has 0 radical (unpaired) electrons. The number of benzene rings is 2. The zero-order valence-corrected chi connectivity index (χ0v) is 14.1. The summed E-state index contributed by atoms with van der Waals surface area (Å²) in [5, 5.41) is 0. The van der Waals surface area contributed by atoms with E-state index in [0.717, 1.165) is 34.9 Å². The second-order valence-electron chi connectivity index (χ2n) is 4.71. The number of para-hydroxylation sites is 3. The van der Waals surface area contributed by atoms with Crippen molar-refractivity contribution in [3.05, 3.63) is 53.9 Å². The molecule has 4 heteroatoms. The maximum Gasteiger partial charge on any atom is 0.231 e. The van der Waals surface area contributed by atoms with E-state index in [1.54, 1.807) is 0 Å². The van der Waals surface area contributed by atoms with Crippen LogP contribution in [0, 0.1) is 6.92 Å². The van der Waals surface area contributed by atoms with Crippen molar-refractivity contribution in [1.82, 2.24) is 4.98 Å². The first-order valence-electron chi connectivity index (χ1n) is 7.97. The number of fused-ring (bicyclic) bond motifs is 2. The lowest BCUT2D eigenvalue weighted by molar-refractivity contribution is 0.173. The van der Waals surface area contributed by atoms with Crippen LogP contribution in [0.25, 0.3) is 11.1 Å². The van der Waals surface area contributed by atoms with E-state index in [9.17, 15) is 0 Å². The summed E-state index contributed by atoms with van der Waals surface area (Å²) >= 11 is 0. The van der Waals surface area contributed by atoms with Crippen LogP contribution in [0.15, 0.2) is 46.9 Å². The average molecular weight is 313 g/mol. The zero-order chi connectivity index (χ0) is 16.7. The minimum Gasteiger partial charge on any atom is -0.454 e. The third kappa shape index (κ3) is 4.03. The number of hydrogen-bond donors (Lipinski definition) is 0. The molecule has 0 atom stereocenters. The Hall–Kier alpha value is -2.49. The lowest BCUT2D eigenvalue weighted by Gasteiger charge is -2.00. The van der Waals surface area contributed by atoms with Gasteiger partial charge in [-0.25, -0.2) is 4.98 Å². The van der Waals surface area contributed by atoms with Gasteiger partial charge in [-0.3, -0.25) is 0 Å². The van der Waals surface area contributed by atoms with Crippen LogP contribution in [-0.4, -0.2) is 11.8 Å². The van der Waals surface area contributed by atoms with Crippen LogP contribution in [0.3, 0.4) is 0 Å². The summed E-state index contributed by atoms with van der Waals surface area (Å²) < 4.78 is 15.8. The molecule has 3 aromatic rings. The van der Waals surface area contributed by atoms with Crippen molar-refractivity contribution < 1.29 is 13.9 Å². The Morgan fingerprint density at radius 3 is 2.52 bits per heavy atom.